The van der Waals surface area contributed by atoms with E-state index in [4.69, 9.17) is 16.3 Å². The Hall–Kier alpha value is -4.48. The molecule has 5 aromatic rings. The number of imidazole rings is 1. The third-order valence-corrected chi connectivity index (χ3v) is 7.12. The van der Waals surface area contributed by atoms with Crippen molar-refractivity contribution in [1.82, 2.24) is 25.3 Å². The molecule has 198 valence electrons. The maximum absolute atomic E-state index is 13.4. The SMILES string of the molecule is COc1ccc(Cl)c(Nc2nc3ccccc3nc2NS(=O)c2cccc(C(=O)NCCc3cnc[nH]3)c2)c1. The second kappa shape index (κ2) is 11.9. The van der Waals surface area contributed by atoms with Crippen molar-refractivity contribution >= 4 is 56.9 Å². The summed E-state index contributed by atoms with van der Waals surface area (Å²) in [6.07, 6.45) is 3.92. The number of methoxy groups -OCH3 is 1. The molecule has 5 rings (SSSR count). The number of nitrogens with zero attached hydrogens (tertiary/aromatic N) is 3. The molecule has 1 unspecified atom stereocenters. The number of hydrogen-bond donors (Lipinski definition) is 4. The second-order valence-electron chi connectivity index (χ2n) is 8.36. The molecular weight excluding hydrogens is 538 g/mol. The molecule has 10 nitrogen and oxygen atoms in total. The van der Waals surface area contributed by atoms with Gasteiger partial charge in [-0.25, -0.2) is 19.2 Å². The molecule has 0 aliphatic heterocycles. The highest BCUT2D eigenvalue weighted by atomic mass is 35.5. The smallest absolute Gasteiger partial charge is 0.251 e. The van der Waals surface area contributed by atoms with E-state index in [0.29, 0.717) is 56.7 Å². The maximum Gasteiger partial charge on any atom is 0.251 e. The van der Waals surface area contributed by atoms with Gasteiger partial charge in [-0.15, -0.1) is 0 Å². The molecule has 12 heteroatoms. The number of aromatic amines is 1. The van der Waals surface area contributed by atoms with Crippen molar-refractivity contribution in [2.24, 2.45) is 0 Å². The summed E-state index contributed by atoms with van der Waals surface area (Å²) in [7, 11) is -0.195. The molecule has 1 atom stereocenters. The van der Waals surface area contributed by atoms with Gasteiger partial charge in [0, 0.05) is 36.5 Å². The fourth-order valence-electron chi connectivity index (χ4n) is 3.75. The molecule has 2 heterocycles. The van der Waals surface area contributed by atoms with Gasteiger partial charge in [0.1, 0.15) is 5.75 Å². The van der Waals surface area contributed by atoms with Crippen molar-refractivity contribution in [3.05, 3.63) is 95.5 Å². The fraction of sp³-hybridized carbons (Fsp3) is 0.111. The normalized spacial score (nSPS) is 11.6. The Kier molecular flexibility index (Phi) is 7.99. The van der Waals surface area contributed by atoms with E-state index in [1.54, 1.807) is 62.1 Å². The lowest BCUT2D eigenvalue weighted by Crippen LogP contribution is -2.26. The van der Waals surface area contributed by atoms with E-state index >= 15 is 0 Å². The third-order valence-electron chi connectivity index (χ3n) is 5.73. The number of aromatic nitrogens is 4. The summed E-state index contributed by atoms with van der Waals surface area (Å²) in [6, 6.07) is 19.1. The van der Waals surface area contributed by atoms with Crippen molar-refractivity contribution in [3.63, 3.8) is 0 Å². The number of amides is 1. The lowest BCUT2D eigenvalue weighted by Gasteiger charge is -2.15. The first-order valence-electron chi connectivity index (χ1n) is 11.9. The average Bonchev–Trinajstić information content (AvgIpc) is 3.48. The van der Waals surface area contributed by atoms with Crippen LogP contribution in [0.5, 0.6) is 5.75 Å². The fourth-order valence-corrected chi connectivity index (χ4v) is 4.78. The van der Waals surface area contributed by atoms with Gasteiger partial charge >= 0.3 is 0 Å². The second-order valence-corrected chi connectivity index (χ2v) is 9.98. The zero-order valence-electron chi connectivity index (χ0n) is 20.8. The summed E-state index contributed by atoms with van der Waals surface area (Å²) in [5.41, 5.74) is 3.11. The number of anilines is 3. The van der Waals surface area contributed by atoms with E-state index in [-0.39, 0.29) is 11.7 Å². The molecule has 2 aromatic heterocycles. The Morgan fingerprint density at radius 2 is 1.82 bits per heavy atom. The number of H-pyrrole nitrogens is 1. The number of halogens is 1. The highest BCUT2D eigenvalue weighted by molar-refractivity contribution is 7.86. The van der Waals surface area contributed by atoms with Crippen LogP contribution < -0.4 is 20.1 Å². The van der Waals surface area contributed by atoms with E-state index < -0.39 is 11.0 Å². The van der Waals surface area contributed by atoms with Gasteiger partial charge in [0.05, 0.1) is 40.1 Å². The quantitative estimate of drug-likeness (QED) is 0.191. The van der Waals surface area contributed by atoms with Crippen LogP contribution in [0.4, 0.5) is 17.3 Å². The molecule has 39 heavy (non-hydrogen) atoms. The van der Waals surface area contributed by atoms with Gasteiger partial charge in [-0.2, -0.15) is 0 Å². The van der Waals surface area contributed by atoms with Crippen molar-refractivity contribution in [2.45, 2.75) is 11.3 Å². The van der Waals surface area contributed by atoms with Gasteiger partial charge in [0.15, 0.2) is 22.6 Å². The highest BCUT2D eigenvalue weighted by Crippen LogP contribution is 2.32. The van der Waals surface area contributed by atoms with Gasteiger partial charge in [-0.3, -0.25) is 9.52 Å². The molecule has 0 aliphatic carbocycles. The van der Waals surface area contributed by atoms with E-state index in [2.05, 4.69) is 35.3 Å². The first-order chi connectivity index (χ1) is 19.0. The van der Waals surface area contributed by atoms with Crippen molar-refractivity contribution in [1.29, 1.82) is 0 Å². The minimum atomic E-state index is -1.76. The molecule has 0 aliphatic rings. The Bertz CT molecular complexity index is 1650. The van der Waals surface area contributed by atoms with Gasteiger partial charge in [-0.1, -0.05) is 29.8 Å². The van der Waals surface area contributed by atoms with E-state index in [1.165, 1.54) is 0 Å². The number of carbonyl (C=O) groups is 1. The molecule has 3 aromatic carbocycles. The first kappa shape index (κ1) is 26.1. The summed E-state index contributed by atoms with van der Waals surface area (Å²) >= 11 is 6.40. The van der Waals surface area contributed by atoms with Crippen LogP contribution in [-0.4, -0.2) is 43.7 Å². The number of benzene rings is 3. The maximum atomic E-state index is 13.4. The van der Waals surface area contributed by atoms with Crippen molar-refractivity contribution < 1.29 is 13.7 Å². The van der Waals surface area contributed by atoms with E-state index in [9.17, 15) is 9.00 Å². The van der Waals surface area contributed by atoms with Crippen LogP contribution in [-0.2, 0) is 17.4 Å². The number of fused-ring (bicyclic) bond motifs is 1. The monoisotopic (exact) mass is 561 g/mol. The molecule has 0 radical (unpaired) electrons. The molecule has 0 bridgehead atoms. The molecule has 0 fully saturated rings. The molecule has 0 spiro atoms. The zero-order valence-corrected chi connectivity index (χ0v) is 22.3. The van der Waals surface area contributed by atoms with Crippen LogP contribution in [0.25, 0.3) is 11.0 Å². The number of hydrogen-bond acceptors (Lipinski definition) is 7. The highest BCUT2D eigenvalue weighted by Gasteiger charge is 2.16. The van der Waals surface area contributed by atoms with Gasteiger partial charge in [0.25, 0.3) is 5.91 Å². The molecule has 0 saturated carbocycles. The summed E-state index contributed by atoms with van der Waals surface area (Å²) in [5, 5.41) is 6.49. The van der Waals surface area contributed by atoms with Gasteiger partial charge < -0.3 is 20.4 Å². The topological polar surface area (TPSA) is 134 Å². The Morgan fingerprint density at radius 3 is 2.56 bits per heavy atom. The number of ether oxygens (including phenoxy) is 1. The van der Waals surface area contributed by atoms with Crippen LogP contribution in [0.1, 0.15) is 16.1 Å². The summed E-state index contributed by atoms with van der Waals surface area (Å²) in [6.45, 7) is 0.432. The Labute approximate surface area is 231 Å². The molecule has 0 saturated heterocycles. The van der Waals surface area contributed by atoms with Crippen LogP contribution in [0.15, 0.2) is 84.1 Å². The van der Waals surface area contributed by atoms with E-state index in [1.807, 2.05) is 24.3 Å². The van der Waals surface area contributed by atoms with E-state index in [0.717, 1.165) is 5.69 Å². The lowest BCUT2D eigenvalue weighted by atomic mass is 10.2. The first-order valence-corrected chi connectivity index (χ1v) is 13.4. The summed E-state index contributed by atoms with van der Waals surface area (Å²) in [4.78, 5) is 29.4. The van der Waals surface area contributed by atoms with Crippen LogP contribution in [0, 0.1) is 0 Å². The standard InChI is InChI=1S/C27H24ClN7O3S/c1-38-19-9-10-21(28)24(14-19)34-25-26(33-23-8-3-2-7-22(23)32-25)35-39(37)20-6-4-5-17(13-20)27(36)30-12-11-18-15-29-16-31-18/h2-10,13-16H,11-12H2,1H3,(H,29,31)(H,30,36)(H,32,34)(H,33,35). The number of carbonyl (C=O) groups excluding carboxylic acids is 1. The van der Waals surface area contributed by atoms with Gasteiger partial charge in [0.2, 0.25) is 0 Å². The number of rotatable bonds is 10. The number of nitrogens with one attached hydrogen (secondary N) is 4. The van der Waals surface area contributed by atoms with Crippen LogP contribution in [0.3, 0.4) is 0 Å². The minimum Gasteiger partial charge on any atom is -0.497 e. The molecular formula is C27H24ClN7O3S. The summed E-state index contributed by atoms with van der Waals surface area (Å²) < 4.78 is 21.6. The predicted molar refractivity (Wildman–Crippen MR) is 152 cm³/mol. The minimum absolute atomic E-state index is 0.250. The molecule has 1 amide bonds. The molecule has 4 N–H and O–H groups in total. The van der Waals surface area contributed by atoms with Gasteiger partial charge in [-0.05, 0) is 42.5 Å². The summed E-state index contributed by atoms with van der Waals surface area (Å²) in [5.74, 6) is 0.910. The number of para-hydroxylation sites is 2. The van der Waals surface area contributed by atoms with Crippen LogP contribution in [0.2, 0.25) is 5.02 Å². The largest absolute Gasteiger partial charge is 0.497 e. The van der Waals surface area contributed by atoms with Crippen LogP contribution >= 0.6 is 11.6 Å². The zero-order chi connectivity index (χ0) is 27.2. The third kappa shape index (κ3) is 6.33. The van der Waals surface area contributed by atoms with Crippen molar-refractivity contribution in [3.8, 4) is 5.75 Å². The lowest BCUT2D eigenvalue weighted by molar-refractivity contribution is 0.0954. The Balaban J connectivity index is 1.37. The van der Waals surface area contributed by atoms with Crippen molar-refractivity contribution in [2.75, 3.05) is 23.7 Å². The Morgan fingerprint density at radius 1 is 1.03 bits per heavy atom. The predicted octanol–water partition coefficient (Wildman–Crippen LogP) is 4.87. The average molecular weight is 562 g/mol.